The molecule has 1 fully saturated rings. The molecule has 0 aliphatic carbocycles. The molecular weight excluding hydrogens is 343 g/mol. The summed E-state index contributed by atoms with van der Waals surface area (Å²) in [5.41, 5.74) is 0.300. The molecule has 2 N–H and O–H groups in total. The van der Waals surface area contributed by atoms with Crippen LogP contribution in [0.3, 0.4) is 0 Å². The Hall–Kier alpha value is -1.21. The minimum atomic E-state index is -1.11. The van der Waals surface area contributed by atoms with E-state index < -0.39 is 18.1 Å². The van der Waals surface area contributed by atoms with E-state index in [0.717, 1.165) is 0 Å². The Balaban J connectivity index is 2.07. The van der Waals surface area contributed by atoms with E-state index in [1.54, 1.807) is 0 Å². The molecule has 2 amide bonds. The number of aliphatic carboxylic acids is 1. The summed E-state index contributed by atoms with van der Waals surface area (Å²) in [6, 6.07) is 2.37. The lowest BCUT2D eigenvalue weighted by Crippen LogP contribution is -2.49. The van der Waals surface area contributed by atoms with Gasteiger partial charge in [-0.05, 0) is 12.1 Å². The van der Waals surface area contributed by atoms with Crippen LogP contribution in [0.5, 0.6) is 0 Å². The molecule has 1 saturated heterocycles. The van der Waals surface area contributed by atoms with Crippen LogP contribution < -0.4 is 5.32 Å². The third-order valence-corrected chi connectivity index (χ3v) is 3.92. The summed E-state index contributed by atoms with van der Waals surface area (Å²) in [5.74, 6) is -1.11. The fourth-order valence-electron chi connectivity index (χ4n) is 1.80. The largest absolute Gasteiger partial charge is 0.479 e. The van der Waals surface area contributed by atoms with Crippen molar-refractivity contribution >= 4 is 52.5 Å². The van der Waals surface area contributed by atoms with E-state index in [9.17, 15) is 9.59 Å². The van der Waals surface area contributed by atoms with Gasteiger partial charge in [-0.3, -0.25) is 0 Å². The molecule has 0 bridgehead atoms. The smallest absolute Gasteiger partial charge is 0.334 e. The van der Waals surface area contributed by atoms with Crippen molar-refractivity contribution in [2.24, 2.45) is 0 Å². The number of morpholine rings is 1. The topological polar surface area (TPSA) is 78.9 Å². The number of halogens is 3. The maximum Gasteiger partial charge on any atom is 0.334 e. The lowest BCUT2D eigenvalue weighted by molar-refractivity contribution is -0.154. The summed E-state index contributed by atoms with van der Waals surface area (Å²) in [6.07, 6.45) is -1.03. The molecule has 114 valence electrons. The molecule has 6 nitrogen and oxygen atoms in total. The van der Waals surface area contributed by atoms with Gasteiger partial charge < -0.3 is 20.1 Å². The van der Waals surface area contributed by atoms with Crippen LogP contribution in [0.4, 0.5) is 10.5 Å². The summed E-state index contributed by atoms with van der Waals surface area (Å²) in [5, 5.41) is 12.2. The minimum absolute atomic E-state index is 0.0416. The fourth-order valence-corrected chi connectivity index (χ4v) is 2.39. The van der Waals surface area contributed by atoms with Gasteiger partial charge in [-0.2, -0.15) is 0 Å². The molecular formula is C12H11Cl3N2O4. The van der Waals surface area contributed by atoms with Crippen molar-refractivity contribution in [3.8, 4) is 0 Å². The summed E-state index contributed by atoms with van der Waals surface area (Å²) in [6.45, 7) is 0.397. The van der Waals surface area contributed by atoms with Crippen molar-refractivity contribution in [3.05, 3.63) is 27.2 Å². The van der Waals surface area contributed by atoms with E-state index in [1.807, 2.05) is 0 Å². The third kappa shape index (κ3) is 3.91. The molecule has 1 unspecified atom stereocenters. The summed E-state index contributed by atoms with van der Waals surface area (Å²) in [7, 11) is 0. The number of carbonyl (C=O) groups is 2. The zero-order valence-corrected chi connectivity index (χ0v) is 12.9. The number of carboxylic acids is 1. The molecule has 9 heteroatoms. The number of carbonyl (C=O) groups excluding carboxylic acids is 1. The lowest BCUT2D eigenvalue weighted by atomic mass is 10.3. The molecule has 1 aromatic carbocycles. The molecule has 21 heavy (non-hydrogen) atoms. The second-order valence-electron chi connectivity index (χ2n) is 4.32. The number of hydrogen-bond acceptors (Lipinski definition) is 3. The number of urea groups is 1. The molecule has 1 heterocycles. The van der Waals surface area contributed by atoms with Gasteiger partial charge in [0.15, 0.2) is 6.10 Å². The highest BCUT2D eigenvalue weighted by Gasteiger charge is 2.29. The zero-order chi connectivity index (χ0) is 15.6. The lowest BCUT2D eigenvalue weighted by Gasteiger charge is -2.31. The van der Waals surface area contributed by atoms with Gasteiger partial charge >= 0.3 is 12.0 Å². The van der Waals surface area contributed by atoms with Gasteiger partial charge in [-0.1, -0.05) is 34.8 Å². The molecule has 1 aromatic rings. The van der Waals surface area contributed by atoms with Crippen molar-refractivity contribution in [2.45, 2.75) is 6.10 Å². The van der Waals surface area contributed by atoms with Gasteiger partial charge in [-0.25, -0.2) is 9.59 Å². The Labute approximate surface area is 135 Å². The highest BCUT2D eigenvalue weighted by molar-refractivity contribution is 6.44. The van der Waals surface area contributed by atoms with Crippen LogP contribution in [0.25, 0.3) is 0 Å². The monoisotopic (exact) mass is 352 g/mol. The van der Waals surface area contributed by atoms with Crippen molar-refractivity contribution in [2.75, 3.05) is 25.0 Å². The number of nitrogens with one attached hydrogen (secondary N) is 1. The summed E-state index contributed by atoms with van der Waals surface area (Å²) in [4.78, 5) is 24.3. The molecule has 0 spiro atoms. The Morgan fingerprint density at radius 1 is 1.24 bits per heavy atom. The van der Waals surface area contributed by atoms with Gasteiger partial charge in [0.25, 0.3) is 0 Å². The SMILES string of the molecule is O=C(O)C1CN(C(=O)Nc2cc(Cl)c(Cl)cc2Cl)CCO1. The number of benzene rings is 1. The van der Waals surface area contributed by atoms with Crippen molar-refractivity contribution < 1.29 is 19.4 Å². The number of nitrogens with zero attached hydrogens (tertiary/aromatic N) is 1. The Bertz CT molecular complexity index is 582. The van der Waals surface area contributed by atoms with Crippen LogP contribution in [-0.2, 0) is 9.53 Å². The van der Waals surface area contributed by atoms with Crippen LogP contribution in [0.2, 0.25) is 15.1 Å². The molecule has 2 rings (SSSR count). The standard InChI is InChI=1S/C12H11Cl3N2O4/c13-6-3-8(15)9(4-7(6)14)16-12(20)17-1-2-21-10(5-17)11(18)19/h3-4,10H,1-2,5H2,(H,16,20)(H,18,19). The van der Waals surface area contributed by atoms with E-state index >= 15 is 0 Å². The van der Waals surface area contributed by atoms with Crippen LogP contribution in [0.1, 0.15) is 0 Å². The van der Waals surface area contributed by atoms with Gasteiger partial charge in [0.2, 0.25) is 0 Å². The third-order valence-electron chi connectivity index (χ3n) is 2.88. The fraction of sp³-hybridized carbons (Fsp3) is 0.333. The van der Waals surface area contributed by atoms with E-state index in [4.69, 9.17) is 44.6 Å². The van der Waals surface area contributed by atoms with Crippen LogP contribution >= 0.6 is 34.8 Å². The first-order valence-electron chi connectivity index (χ1n) is 5.93. The van der Waals surface area contributed by atoms with Gasteiger partial charge in [0.05, 0.1) is 33.9 Å². The first-order valence-corrected chi connectivity index (χ1v) is 7.06. The number of amides is 2. The molecule has 1 aliphatic heterocycles. The average molecular weight is 354 g/mol. The second-order valence-corrected chi connectivity index (χ2v) is 5.54. The van der Waals surface area contributed by atoms with E-state index in [1.165, 1.54) is 17.0 Å². The van der Waals surface area contributed by atoms with Gasteiger partial charge in [0.1, 0.15) is 0 Å². The zero-order valence-electron chi connectivity index (χ0n) is 10.6. The predicted octanol–water partition coefficient (Wildman–Crippen LogP) is 2.96. The van der Waals surface area contributed by atoms with Crippen molar-refractivity contribution in [1.82, 2.24) is 4.90 Å². The molecule has 0 radical (unpaired) electrons. The Morgan fingerprint density at radius 2 is 1.90 bits per heavy atom. The molecule has 0 saturated carbocycles. The van der Waals surface area contributed by atoms with Crippen LogP contribution in [-0.4, -0.2) is 47.8 Å². The van der Waals surface area contributed by atoms with E-state index in [0.29, 0.717) is 5.69 Å². The predicted molar refractivity (Wildman–Crippen MR) is 79.4 cm³/mol. The normalized spacial score (nSPS) is 18.4. The van der Waals surface area contributed by atoms with Crippen molar-refractivity contribution in [1.29, 1.82) is 0 Å². The van der Waals surface area contributed by atoms with Gasteiger partial charge in [0, 0.05) is 6.54 Å². The average Bonchev–Trinajstić information content (AvgIpc) is 2.44. The number of hydrogen-bond donors (Lipinski definition) is 2. The summed E-state index contributed by atoms with van der Waals surface area (Å²) < 4.78 is 5.04. The minimum Gasteiger partial charge on any atom is -0.479 e. The first kappa shape index (κ1) is 16.2. The Kier molecular flexibility index (Phi) is 5.16. The first-order chi connectivity index (χ1) is 9.88. The quantitative estimate of drug-likeness (QED) is 0.801. The van der Waals surface area contributed by atoms with E-state index in [-0.39, 0.29) is 34.8 Å². The van der Waals surface area contributed by atoms with Crippen LogP contribution in [0.15, 0.2) is 12.1 Å². The highest BCUT2D eigenvalue weighted by Crippen LogP contribution is 2.32. The maximum atomic E-state index is 12.1. The van der Waals surface area contributed by atoms with Gasteiger partial charge in [-0.15, -0.1) is 0 Å². The van der Waals surface area contributed by atoms with Crippen LogP contribution in [0, 0.1) is 0 Å². The molecule has 1 atom stereocenters. The molecule has 0 aromatic heterocycles. The molecule has 1 aliphatic rings. The maximum absolute atomic E-state index is 12.1. The van der Waals surface area contributed by atoms with E-state index in [2.05, 4.69) is 5.32 Å². The number of ether oxygens (including phenoxy) is 1. The Morgan fingerprint density at radius 3 is 2.57 bits per heavy atom. The second kappa shape index (κ2) is 6.70. The number of anilines is 1. The summed E-state index contributed by atoms with van der Waals surface area (Å²) >= 11 is 17.6. The highest BCUT2D eigenvalue weighted by atomic mass is 35.5. The number of rotatable bonds is 2. The van der Waals surface area contributed by atoms with Crippen molar-refractivity contribution in [3.63, 3.8) is 0 Å². The number of carboxylic acid groups (broad SMARTS) is 1.